The first-order chi connectivity index (χ1) is 6.65. The van der Waals surface area contributed by atoms with Gasteiger partial charge in [-0.15, -0.1) is 0 Å². The second-order valence-electron chi connectivity index (χ2n) is 2.97. The number of hydrogen-bond donors (Lipinski definition) is 2. The summed E-state index contributed by atoms with van der Waals surface area (Å²) in [7, 11) is 0. The van der Waals surface area contributed by atoms with Gasteiger partial charge in [0.05, 0.1) is 0 Å². The van der Waals surface area contributed by atoms with Crippen LogP contribution in [0, 0.1) is 6.92 Å². The van der Waals surface area contributed by atoms with E-state index in [0.717, 1.165) is 5.69 Å². The number of pyridine rings is 1. The molecule has 1 rings (SSSR count). The first-order valence-electron chi connectivity index (χ1n) is 4.31. The van der Waals surface area contributed by atoms with Gasteiger partial charge in [-0.3, -0.25) is 15.0 Å². The molecule has 1 aromatic rings. The fourth-order valence-corrected chi connectivity index (χ4v) is 1.20. The van der Waals surface area contributed by atoms with Crippen molar-refractivity contribution in [1.82, 2.24) is 9.99 Å². The van der Waals surface area contributed by atoms with E-state index in [4.69, 9.17) is 5.84 Å². The predicted octanol–water partition coefficient (Wildman–Crippen LogP) is -0.463. The SMILES string of the molecule is Cc1cccc(=O)n1CCC(=O)NN. The molecule has 0 saturated carbocycles. The number of nitrogens with two attached hydrogens (primary N) is 1. The summed E-state index contributed by atoms with van der Waals surface area (Å²) in [5.74, 6) is 4.65. The molecule has 0 aliphatic carbocycles. The second-order valence-corrected chi connectivity index (χ2v) is 2.97. The highest BCUT2D eigenvalue weighted by Crippen LogP contribution is 1.95. The number of hydrogen-bond acceptors (Lipinski definition) is 3. The molecule has 0 bridgehead atoms. The zero-order valence-electron chi connectivity index (χ0n) is 7.99. The number of nitrogens with one attached hydrogen (secondary N) is 1. The highest BCUT2D eigenvalue weighted by atomic mass is 16.2. The van der Waals surface area contributed by atoms with E-state index < -0.39 is 0 Å². The molecule has 0 atom stereocenters. The van der Waals surface area contributed by atoms with Gasteiger partial charge in [0.15, 0.2) is 0 Å². The molecule has 0 unspecified atom stereocenters. The van der Waals surface area contributed by atoms with Crippen LogP contribution >= 0.6 is 0 Å². The van der Waals surface area contributed by atoms with Crippen LogP contribution in [0.1, 0.15) is 12.1 Å². The summed E-state index contributed by atoms with van der Waals surface area (Å²) in [6.45, 7) is 2.18. The summed E-state index contributed by atoms with van der Waals surface area (Å²) in [4.78, 5) is 22.2. The van der Waals surface area contributed by atoms with Crippen LogP contribution in [0.15, 0.2) is 23.0 Å². The Morgan fingerprint density at radius 3 is 2.86 bits per heavy atom. The minimum absolute atomic E-state index is 0.102. The highest BCUT2D eigenvalue weighted by molar-refractivity contribution is 5.75. The summed E-state index contributed by atoms with van der Waals surface area (Å²) < 4.78 is 1.54. The van der Waals surface area contributed by atoms with Crippen LogP contribution in [0.3, 0.4) is 0 Å². The van der Waals surface area contributed by atoms with Gasteiger partial charge in [-0.05, 0) is 13.0 Å². The van der Waals surface area contributed by atoms with Crippen LogP contribution in [0.5, 0.6) is 0 Å². The van der Waals surface area contributed by atoms with Crippen molar-refractivity contribution in [1.29, 1.82) is 0 Å². The number of hydrazine groups is 1. The van der Waals surface area contributed by atoms with Crippen LogP contribution in [-0.4, -0.2) is 10.5 Å². The Morgan fingerprint density at radius 2 is 2.29 bits per heavy atom. The van der Waals surface area contributed by atoms with E-state index in [1.807, 2.05) is 18.4 Å². The summed E-state index contributed by atoms with van der Waals surface area (Å²) in [5.41, 5.74) is 2.75. The van der Waals surface area contributed by atoms with Gasteiger partial charge >= 0.3 is 0 Å². The largest absolute Gasteiger partial charge is 0.312 e. The fourth-order valence-electron chi connectivity index (χ4n) is 1.20. The minimum Gasteiger partial charge on any atom is -0.312 e. The van der Waals surface area contributed by atoms with Crippen LogP contribution in [0.4, 0.5) is 0 Å². The lowest BCUT2D eigenvalue weighted by molar-refractivity contribution is -0.121. The van der Waals surface area contributed by atoms with Crippen molar-refractivity contribution in [3.05, 3.63) is 34.2 Å². The van der Waals surface area contributed by atoms with Crippen LogP contribution in [-0.2, 0) is 11.3 Å². The standard InChI is InChI=1S/C9H13N3O2/c1-7-3-2-4-9(14)12(7)6-5-8(13)11-10/h2-4H,5-6,10H2,1H3,(H,11,13). The first-order valence-corrected chi connectivity index (χ1v) is 4.31. The van der Waals surface area contributed by atoms with Crippen molar-refractivity contribution in [2.24, 2.45) is 5.84 Å². The van der Waals surface area contributed by atoms with E-state index in [0.29, 0.717) is 6.54 Å². The molecule has 0 fully saturated rings. The molecule has 76 valence electrons. The third-order valence-corrected chi connectivity index (χ3v) is 1.99. The van der Waals surface area contributed by atoms with Crippen molar-refractivity contribution < 1.29 is 4.79 Å². The van der Waals surface area contributed by atoms with Crippen LogP contribution in [0.25, 0.3) is 0 Å². The van der Waals surface area contributed by atoms with Crippen molar-refractivity contribution >= 4 is 5.91 Å². The Labute approximate surface area is 81.5 Å². The summed E-state index contributed by atoms with van der Waals surface area (Å²) in [5, 5.41) is 0. The van der Waals surface area contributed by atoms with E-state index in [9.17, 15) is 9.59 Å². The monoisotopic (exact) mass is 195 g/mol. The molecule has 1 aromatic heterocycles. The van der Waals surface area contributed by atoms with Crippen molar-refractivity contribution in [3.63, 3.8) is 0 Å². The molecule has 1 amide bonds. The molecule has 0 radical (unpaired) electrons. The topological polar surface area (TPSA) is 77.1 Å². The van der Waals surface area contributed by atoms with E-state index in [1.165, 1.54) is 10.6 Å². The molecule has 0 spiro atoms. The normalized spacial score (nSPS) is 9.86. The van der Waals surface area contributed by atoms with Gasteiger partial charge in [0.2, 0.25) is 5.91 Å². The van der Waals surface area contributed by atoms with E-state index in [1.54, 1.807) is 6.07 Å². The molecule has 3 N–H and O–H groups in total. The van der Waals surface area contributed by atoms with Crippen LogP contribution < -0.4 is 16.8 Å². The molecule has 1 heterocycles. The molecule has 5 heteroatoms. The van der Waals surface area contributed by atoms with Gasteiger partial charge in [-0.2, -0.15) is 0 Å². The van der Waals surface area contributed by atoms with Gasteiger partial charge in [0.25, 0.3) is 5.56 Å². The van der Waals surface area contributed by atoms with Crippen molar-refractivity contribution in [3.8, 4) is 0 Å². The lowest BCUT2D eigenvalue weighted by Crippen LogP contribution is -2.32. The minimum atomic E-state index is -0.278. The van der Waals surface area contributed by atoms with E-state index >= 15 is 0 Å². The second kappa shape index (κ2) is 4.57. The van der Waals surface area contributed by atoms with Crippen molar-refractivity contribution in [2.75, 3.05) is 0 Å². The molecular weight excluding hydrogens is 182 g/mol. The molecule has 0 aliphatic heterocycles. The number of nitrogens with zero attached hydrogens (tertiary/aromatic N) is 1. The number of carbonyl (C=O) groups excluding carboxylic acids is 1. The number of amides is 1. The zero-order valence-corrected chi connectivity index (χ0v) is 7.99. The molecule has 14 heavy (non-hydrogen) atoms. The zero-order chi connectivity index (χ0) is 10.6. The number of aryl methyl sites for hydroxylation is 1. The van der Waals surface area contributed by atoms with E-state index in [-0.39, 0.29) is 17.9 Å². The Balaban J connectivity index is 2.76. The average Bonchev–Trinajstić information content (AvgIpc) is 2.16. The van der Waals surface area contributed by atoms with Gasteiger partial charge in [0, 0.05) is 24.7 Å². The number of aromatic nitrogens is 1. The van der Waals surface area contributed by atoms with Gasteiger partial charge in [-0.25, -0.2) is 5.84 Å². The average molecular weight is 195 g/mol. The Morgan fingerprint density at radius 1 is 1.57 bits per heavy atom. The van der Waals surface area contributed by atoms with E-state index in [2.05, 4.69) is 0 Å². The maximum Gasteiger partial charge on any atom is 0.250 e. The molecule has 0 aliphatic rings. The van der Waals surface area contributed by atoms with Gasteiger partial charge < -0.3 is 4.57 Å². The first kappa shape index (κ1) is 10.5. The summed E-state index contributed by atoms with van der Waals surface area (Å²) >= 11 is 0. The Kier molecular flexibility index (Phi) is 3.41. The Hall–Kier alpha value is -1.62. The van der Waals surface area contributed by atoms with Crippen molar-refractivity contribution in [2.45, 2.75) is 19.9 Å². The molecule has 0 aromatic carbocycles. The lowest BCUT2D eigenvalue weighted by atomic mass is 10.3. The lowest BCUT2D eigenvalue weighted by Gasteiger charge is -2.07. The fraction of sp³-hybridized carbons (Fsp3) is 0.333. The smallest absolute Gasteiger partial charge is 0.250 e. The number of carbonyl (C=O) groups is 1. The highest BCUT2D eigenvalue weighted by Gasteiger charge is 2.02. The molecule has 0 saturated heterocycles. The molecule has 5 nitrogen and oxygen atoms in total. The molecular formula is C9H13N3O2. The third-order valence-electron chi connectivity index (χ3n) is 1.99. The summed E-state index contributed by atoms with van der Waals surface area (Å²) in [6, 6.07) is 4.98. The number of rotatable bonds is 3. The van der Waals surface area contributed by atoms with Gasteiger partial charge in [0.1, 0.15) is 0 Å². The quantitative estimate of drug-likeness (QED) is 0.389. The predicted molar refractivity (Wildman–Crippen MR) is 52.4 cm³/mol. The Bertz CT molecular complexity index is 384. The maximum atomic E-state index is 11.3. The van der Waals surface area contributed by atoms with Gasteiger partial charge in [-0.1, -0.05) is 6.07 Å². The maximum absolute atomic E-state index is 11.3. The van der Waals surface area contributed by atoms with Crippen LogP contribution in [0.2, 0.25) is 0 Å². The third kappa shape index (κ3) is 2.43. The summed E-state index contributed by atoms with van der Waals surface area (Å²) in [6.07, 6.45) is 0.210.